The number of hydrogen-bond donors (Lipinski definition) is 0. The number of benzene rings is 2. The van der Waals surface area contributed by atoms with Crippen LogP contribution in [0.5, 0.6) is 5.75 Å². The van der Waals surface area contributed by atoms with E-state index in [1.807, 2.05) is 29.6 Å². The maximum Gasteiger partial charge on any atom is 0.310 e. The van der Waals surface area contributed by atoms with Gasteiger partial charge in [-0.25, -0.2) is 9.37 Å². The molecular formula is C19H15ClFNO3S. The summed E-state index contributed by atoms with van der Waals surface area (Å²) in [5, 5.41) is 2.82. The van der Waals surface area contributed by atoms with Crippen molar-refractivity contribution < 1.29 is 18.7 Å². The molecule has 0 spiro atoms. The Bertz CT molecular complexity index is 908. The normalized spacial score (nSPS) is 10.6. The molecule has 26 heavy (non-hydrogen) atoms. The van der Waals surface area contributed by atoms with E-state index < -0.39 is 11.8 Å². The zero-order valence-corrected chi connectivity index (χ0v) is 15.4. The molecule has 1 heterocycles. The predicted molar refractivity (Wildman–Crippen MR) is 99.0 cm³/mol. The molecule has 0 fully saturated rings. The Hall–Kier alpha value is -2.44. The molecule has 2 aromatic carbocycles. The highest BCUT2D eigenvalue weighted by Crippen LogP contribution is 2.27. The van der Waals surface area contributed by atoms with Crippen LogP contribution in [0.3, 0.4) is 0 Å². The lowest BCUT2D eigenvalue weighted by atomic mass is 10.1. The molecule has 0 unspecified atom stereocenters. The van der Waals surface area contributed by atoms with Crippen molar-refractivity contribution in [3.05, 3.63) is 69.9 Å². The summed E-state index contributed by atoms with van der Waals surface area (Å²) in [5.74, 6) is -0.344. The summed E-state index contributed by atoms with van der Waals surface area (Å²) in [7, 11) is 1.60. The number of methoxy groups -OCH3 is 1. The van der Waals surface area contributed by atoms with Crippen molar-refractivity contribution in [2.45, 2.75) is 13.0 Å². The van der Waals surface area contributed by atoms with Crippen LogP contribution in [0, 0.1) is 5.82 Å². The largest absolute Gasteiger partial charge is 0.497 e. The monoisotopic (exact) mass is 391 g/mol. The summed E-state index contributed by atoms with van der Waals surface area (Å²) in [5.41, 5.74) is 1.68. The molecule has 0 bridgehead atoms. The van der Waals surface area contributed by atoms with Gasteiger partial charge < -0.3 is 9.47 Å². The molecule has 3 rings (SSSR count). The van der Waals surface area contributed by atoms with E-state index in [0.29, 0.717) is 5.69 Å². The average Bonchev–Trinajstić information content (AvgIpc) is 3.12. The van der Waals surface area contributed by atoms with Gasteiger partial charge in [0.05, 0.1) is 19.2 Å². The van der Waals surface area contributed by atoms with E-state index in [-0.39, 0.29) is 23.6 Å². The van der Waals surface area contributed by atoms with Crippen molar-refractivity contribution >= 4 is 28.9 Å². The van der Waals surface area contributed by atoms with Gasteiger partial charge in [-0.3, -0.25) is 4.79 Å². The molecule has 0 N–H and O–H groups in total. The first-order chi connectivity index (χ1) is 12.6. The number of rotatable bonds is 6. The van der Waals surface area contributed by atoms with Gasteiger partial charge in [0, 0.05) is 21.5 Å². The van der Waals surface area contributed by atoms with Crippen LogP contribution in [0.15, 0.2) is 47.8 Å². The molecule has 0 amide bonds. The second-order valence-corrected chi connectivity index (χ2v) is 6.68. The van der Waals surface area contributed by atoms with E-state index in [4.69, 9.17) is 21.1 Å². The van der Waals surface area contributed by atoms with Crippen LogP contribution >= 0.6 is 22.9 Å². The Kier molecular flexibility index (Phi) is 5.85. The number of nitrogens with zero attached hydrogens (tertiary/aromatic N) is 1. The van der Waals surface area contributed by atoms with E-state index in [0.717, 1.165) is 16.3 Å². The molecule has 134 valence electrons. The van der Waals surface area contributed by atoms with Crippen LogP contribution in [0.25, 0.3) is 10.6 Å². The zero-order valence-electron chi connectivity index (χ0n) is 13.9. The Morgan fingerprint density at radius 2 is 2.08 bits per heavy atom. The van der Waals surface area contributed by atoms with E-state index in [2.05, 4.69) is 4.98 Å². The quantitative estimate of drug-likeness (QED) is 0.561. The number of carbonyl (C=O) groups excluding carboxylic acids is 1. The Balaban J connectivity index is 1.62. The number of halogens is 2. The third kappa shape index (κ3) is 4.39. The molecule has 0 atom stereocenters. The molecule has 0 radical (unpaired) electrons. The van der Waals surface area contributed by atoms with E-state index in [9.17, 15) is 9.18 Å². The average molecular weight is 392 g/mol. The molecule has 0 aliphatic rings. The zero-order chi connectivity index (χ0) is 18.5. The Morgan fingerprint density at radius 3 is 2.85 bits per heavy atom. The van der Waals surface area contributed by atoms with Gasteiger partial charge in [-0.15, -0.1) is 11.3 Å². The maximum atomic E-state index is 13.7. The number of esters is 1. The minimum atomic E-state index is -0.562. The fraction of sp³-hybridized carbons (Fsp3) is 0.158. The lowest BCUT2D eigenvalue weighted by molar-refractivity contribution is -0.144. The standard InChI is InChI=1S/C19H15ClFNO3S/c1-24-14-5-2-4-12(8-14)19-22-13(11-26-19)10-25-18(23)9-15-16(20)6-3-7-17(15)21/h2-8,11H,9-10H2,1H3. The number of carbonyl (C=O) groups is 1. The first-order valence-electron chi connectivity index (χ1n) is 7.74. The molecule has 0 saturated heterocycles. The number of aromatic nitrogens is 1. The highest BCUT2D eigenvalue weighted by Gasteiger charge is 2.14. The van der Waals surface area contributed by atoms with Gasteiger partial charge in [-0.1, -0.05) is 29.8 Å². The van der Waals surface area contributed by atoms with Crippen LogP contribution < -0.4 is 4.74 Å². The number of thiazole rings is 1. The van der Waals surface area contributed by atoms with E-state index in [1.54, 1.807) is 7.11 Å². The van der Waals surface area contributed by atoms with Crippen molar-refractivity contribution in [2.24, 2.45) is 0 Å². The molecule has 3 aromatic rings. The van der Waals surface area contributed by atoms with Crippen LogP contribution in [0.4, 0.5) is 4.39 Å². The summed E-state index contributed by atoms with van der Waals surface area (Å²) < 4.78 is 24.1. The van der Waals surface area contributed by atoms with E-state index >= 15 is 0 Å². The highest BCUT2D eigenvalue weighted by molar-refractivity contribution is 7.13. The molecule has 0 saturated carbocycles. The molecule has 0 aliphatic carbocycles. The smallest absolute Gasteiger partial charge is 0.310 e. The first-order valence-corrected chi connectivity index (χ1v) is 9.00. The summed E-state index contributed by atoms with van der Waals surface area (Å²) in [4.78, 5) is 16.4. The highest BCUT2D eigenvalue weighted by atomic mass is 35.5. The van der Waals surface area contributed by atoms with Crippen LogP contribution in [-0.4, -0.2) is 18.1 Å². The van der Waals surface area contributed by atoms with Crippen LogP contribution in [-0.2, 0) is 22.6 Å². The summed E-state index contributed by atoms with van der Waals surface area (Å²) in [6.45, 7) is 0.0192. The SMILES string of the molecule is COc1cccc(-c2nc(COC(=O)Cc3c(F)cccc3Cl)cs2)c1. The number of ether oxygens (including phenoxy) is 2. The first kappa shape index (κ1) is 18.4. The van der Waals surface area contributed by atoms with Gasteiger partial charge in [0.15, 0.2) is 0 Å². The fourth-order valence-corrected chi connectivity index (χ4v) is 3.34. The summed E-state index contributed by atoms with van der Waals surface area (Å²) in [6, 6.07) is 11.8. The lowest BCUT2D eigenvalue weighted by Gasteiger charge is -2.06. The topological polar surface area (TPSA) is 48.4 Å². The fourth-order valence-electron chi connectivity index (χ4n) is 2.31. The lowest BCUT2D eigenvalue weighted by Crippen LogP contribution is -2.09. The molecule has 4 nitrogen and oxygen atoms in total. The maximum absolute atomic E-state index is 13.7. The molecule has 7 heteroatoms. The van der Waals surface area contributed by atoms with Gasteiger partial charge in [0.25, 0.3) is 0 Å². The number of hydrogen-bond acceptors (Lipinski definition) is 5. The van der Waals surface area contributed by atoms with E-state index in [1.165, 1.54) is 29.5 Å². The van der Waals surface area contributed by atoms with Gasteiger partial charge in [-0.2, -0.15) is 0 Å². The molecular weight excluding hydrogens is 377 g/mol. The van der Waals surface area contributed by atoms with Gasteiger partial charge >= 0.3 is 5.97 Å². The van der Waals surface area contributed by atoms with Gasteiger partial charge in [0.2, 0.25) is 0 Å². The van der Waals surface area contributed by atoms with Crippen molar-refractivity contribution in [1.82, 2.24) is 4.98 Å². The van der Waals surface area contributed by atoms with Gasteiger partial charge in [-0.05, 0) is 24.3 Å². The molecule has 1 aromatic heterocycles. The minimum Gasteiger partial charge on any atom is -0.497 e. The van der Waals surface area contributed by atoms with Crippen LogP contribution in [0.2, 0.25) is 5.02 Å². The minimum absolute atomic E-state index is 0.0192. The Labute approximate surface area is 159 Å². The summed E-state index contributed by atoms with van der Waals surface area (Å²) in [6.07, 6.45) is -0.224. The second kappa shape index (κ2) is 8.29. The van der Waals surface area contributed by atoms with Crippen molar-refractivity contribution in [1.29, 1.82) is 0 Å². The van der Waals surface area contributed by atoms with Crippen molar-refractivity contribution in [3.63, 3.8) is 0 Å². The predicted octanol–water partition coefficient (Wildman–Crippen LogP) is 4.90. The Morgan fingerprint density at radius 1 is 1.27 bits per heavy atom. The van der Waals surface area contributed by atoms with Gasteiger partial charge in [0.1, 0.15) is 23.2 Å². The summed E-state index contributed by atoms with van der Waals surface area (Å²) >= 11 is 7.36. The van der Waals surface area contributed by atoms with Crippen LogP contribution in [0.1, 0.15) is 11.3 Å². The van der Waals surface area contributed by atoms with Crippen molar-refractivity contribution in [2.75, 3.05) is 7.11 Å². The van der Waals surface area contributed by atoms with Crippen molar-refractivity contribution in [3.8, 4) is 16.3 Å². The second-order valence-electron chi connectivity index (χ2n) is 5.41. The third-order valence-electron chi connectivity index (χ3n) is 3.63. The molecule has 0 aliphatic heterocycles. The third-order valence-corrected chi connectivity index (χ3v) is 4.93.